The van der Waals surface area contributed by atoms with Crippen LogP contribution in [0.3, 0.4) is 0 Å². The summed E-state index contributed by atoms with van der Waals surface area (Å²) in [5.41, 5.74) is 4.29. The van der Waals surface area contributed by atoms with Crippen molar-refractivity contribution in [2.24, 2.45) is 5.41 Å². The van der Waals surface area contributed by atoms with Crippen LogP contribution in [0.15, 0.2) is 55.0 Å². The minimum Gasteiger partial charge on any atom is -0.335 e. The van der Waals surface area contributed by atoms with E-state index in [1.807, 2.05) is 39.0 Å². The Bertz CT molecular complexity index is 1960. The molecule has 3 N–H and O–H groups in total. The Hall–Kier alpha value is -4.77. The number of aromatic nitrogens is 6. The molecule has 0 spiro atoms. The van der Waals surface area contributed by atoms with Crippen molar-refractivity contribution in [1.29, 1.82) is 0 Å². The van der Waals surface area contributed by atoms with Crippen molar-refractivity contribution in [2.45, 2.75) is 34.1 Å². The van der Waals surface area contributed by atoms with Crippen molar-refractivity contribution < 1.29 is 14.0 Å². The summed E-state index contributed by atoms with van der Waals surface area (Å²) in [6.45, 7) is 7.52. The highest BCUT2D eigenvalue weighted by atomic mass is 32.1. The van der Waals surface area contributed by atoms with E-state index < -0.39 is 5.82 Å². The van der Waals surface area contributed by atoms with Crippen LogP contribution < -0.4 is 5.32 Å². The number of halogens is 1. The number of rotatable bonds is 6. The summed E-state index contributed by atoms with van der Waals surface area (Å²) in [6, 6.07) is 10.5. The van der Waals surface area contributed by atoms with Crippen molar-refractivity contribution in [3.05, 3.63) is 65.7 Å². The smallest absolute Gasteiger partial charge is 0.224 e. The third-order valence-corrected chi connectivity index (χ3v) is 7.73. The number of amides is 1. The highest BCUT2D eigenvalue weighted by Gasteiger charge is 2.20. The number of nitrogens with one attached hydrogen (secondary N) is 3. The number of Topliss-reactive ketones (excluding diaryl/α,β-unsaturated/α-hetero) is 1. The topological polar surface area (TPSA) is 129 Å². The standard InChI is InChI=1S/C30H26FN7O2S/c1-15(39)22-5-6-23(41-22)19-7-8-33-28-26(19)35-29(36-28)27-20-10-16(11-21(31)25(20)37-38-27)17-9-18(14-32-13-17)34-24(40)12-30(2,3)4/h5-11,13-14H,12H2,1-4H3,(H,34,40)(H,37,38)(H,33,35,36). The normalized spacial score (nSPS) is 11.8. The van der Waals surface area contributed by atoms with Gasteiger partial charge in [0.1, 0.15) is 11.2 Å². The monoisotopic (exact) mass is 567 g/mol. The van der Waals surface area contributed by atoms with Gasteiger partial charge in [-0.15, -0.1) is 11.3 Å². The molecule has 0 aliphatic heterocycles. The second kappa shape index (κ2) is 10.0. The molecule has 41 heavy (non-hydrogen) atoms. The van der Waals surface area contributed by atoms with Crippen LogP contribution in [0.5, 0.6) is 0 Å². The van der Waals surface area contributed by atoms with Gasteiger partial charge in [-0.05, 0) is 54.3 Å². The second-order valence-electron chi connectivity index (χ2n) is 11.1. The summed E-state index contributed by atoms with van der Waals surface area (Å²) in [5.74, 6) is -0.170. The third-order valence-electron chi connectivity index (χ3n) is 6.51. The summed E-state index contributed by atoms with van der Waals surface area (Å²) in [4.78, 5) is 42.5. The number of imidazole rings is 1. The molecular formula is C30H26FN7O2S. The van der Waals surface area contributed by atoms with Crippen molar-refractivity contribution >= 4 is 50.8 Å². The Morgan fingerprint density at radius 2 is 1.90 bits per heavy atom. The first kappa shape index (κ1) is 26.5. The van der Waals surface area contributed by atoms with Gasteiger partial charge in [-0.2, -0.15) is 5.10 Å². The average molecular weight is 568 g/mol. The van der Waals surface area contributed by atoms with Gasteiger partial charge in [0.15, 0.2) is 23.1 Å². The van der Waals surface area contributed by atoms with Crippen LogP contribution in [-0.2, 0) is 4.79 Å². The third kappa shape index (κ3) is 5.23. The summed E-state index contributed by atoms with van der Waals surface area (Å²) < 4.78 is 15.3. The number of aromatic amines is 2. The van der Waals surface area contributed by atoms with Crippen LogP contribution in [0.2, 0.25) is 0 Å². The van der Waals surface area contributed by atoms with Crippen molar-refractivity contribution in [1.82, 2.24) is 30.1 Å². The fraction of sp³-hybridized carbons (Fsp3) is 0.200. The molecule has 6 aromatic rings. The number of ketones is 1. The number of hydrogen-bond donors (Lipinski definition) is 3. The van der Waals surface area contributed by atoms with Gasteiger partial charge >= 0.3 is 0 Å². The number of H-pyrrole nitrogens is 2. The Kier molecular flexibility index (Phi) is 6.46. The molecule has 1 amide bonds. The second-order valence-corrected chi connectivity index (χ2v) is 12.1. The number of nitrogens with zero attached hydrogens (tertiary/aromatic N) is 4. The number of benzene rings is 1. The molecule has 6 rings (SSSR count). The number of carbonyl (C=O) groups is 2. The summed E-state index contributed by atoms with van der Waals surface area (Å²) in [5, 5.41) is 10.5. The molecule has 0 aliphatic carbocycles. The first-order valence-electron chi connectivity index (χ1n) is 12.9. The lowest BCUT2D eigenvalue weighted by molar-refractivity contribution is -0.117. The zero-order valence-corrected chi connectivity index (χ0v) is 23.6. The first-order chi connectivity index (χ1) is 19.6. The fourth-order valence-corrected chi connectivity index (χ4v) is 5.61. The quantitative estimate of drug-likeness (QED) is 0.186. The lowest BCUT2D eigenvalue weighted by Gasteiger charge is -2.17. The lowest BCUT2D eigenvalue weighted by atomic mass is 9.92. The molecule has 0 saturated carbocycles. The number of fused-ring (bicyclic) bond motifs is 2. The maximum absolute atomic E-state index is 15.3. The van der Waals surface area contributed by atoms with Crippen molar-refractivity contribution in [3.63, 3.8) is 0 Å². The van der Waals surface area contributed by atoms with Gasteiger partial charge in [-0.1, -0.05) is 20.8 Å². The van der Waals surface area contributed by atoms with Crippen molar-refractivity contribution in [3.8, 4) is 33.1 Å². The SMILES string of the molecule is CC(=O)c1ccc(-c2ccnc3nc(-c4[nH]nc5c(F)cc(-c6cncc(NC(=O)CC(C)(C)C)c6)cc45)[nH]c23)s1. The van der Waals surface area contributed by atoms with Crippen LogP contribution in [-0.4, -0.2) is 41.8 Å². The van der Waals surface area contributed by atoms with Gasteiger partial charge in [0.2, 0.25) is 5.91 Å². The van der Waals surface area contributed by atoms with Gasteiger partial charge < -0.3 is 10.3 Å². The Morgan fingerprint density at radius 3 is 2.66 bits per heavy atom. The molecule has 0 bridgehead atoms. The van der Waals surface area contributed by atoms with Gasteiger partial charge in [0.05, 0.1) is 22.3 Å². The van der Waals surface area contributed by atoms with E-state index in [0.29, 0.717) is 56.2 Å². The molecule has 0 aliphatic rings. The largest absolute Gasteiger partial charge is 0.335 e. The molecule has 0 atom stereocenters. The molecule has 1 aromatic carbocycles. The first-order valence-corrected chi connectivity index (χ1v) is 13.8. The molecule has 0 fully saturated rings. The molecule has 5 heterocycles. The number of carbonyl (C=O) groups excluding carboxylic acids is 2. The molecule has 0 radical (unpaired) electrons. The highest BCUT2D eigenvalue weighted by molar-refractivity contribution is 7.17. The number of anilines is 1. The fourth-order valence-electron chi connectivity index (χ4n) is 4.68. The van der Waals surface area contributed by atoms with Gasteiger partial charge in [-0.3, -0.25) is 19.7 Å². The maximum atomic E-state index is 15.3. The summed E-state index contributed by atoms with van der Waals surface area (Å²) in [7, 11) is 0. The van der Waals surface area contributed by atoms with Crippen LogP contribution >= 0.6 is 11.3 Å². The van der Waals surface area contributed by atoms with Crippen LogP contribution in [0, 0.1) is 11.2 Å². The van der Waals surface area contributed by atoms with Crippen LogP contribution in [0.25, 0.3) is 55.2 Å². The predicted octanol–water partition coefficient (Wildman–Crippen LogP) is 7.01. The van der Waals surface area contributed by atoms with Crippen LogP contribution in [0.1, 0.15) is 43.8 Å². The Balaban J connectivity index is 1.39. The molecule has 9 nitrogen and oxygen atoms in total. The summed E-state index contributed by atoms with van der Waals surface area (Å²) in [6.07, 6.45) is 5.20. The summed E-state index contributed by atoms with van der Waals surface area (Å²) >= 11 is 1.40. The molecule has 0 saturated heterocycles. The zero-order chi connectivity index (χ0) is 28.9. The Morgan fingerprint density at radius 1 is 1.07 bits per heavy atom. The van der Waals surface area contributed by atoms with E-state index in [9.17, 15) is 9.59 Å². The number of thiophene rings is 1. The number of hydrogen-bond acceptors (Lipinski definition) is 7. The minimum absolute atomic E-state index is 0.00614. The van der Waals surface area contributed by atoms with E-state index in [0.717, 1.165) is 10.4 Å². The Labute approximate surface area is 238 Å². The van der Waals surface area contributed by atoms with Gasteiger partial charge in [0, 0.05) is 40.2 Å². The molecule has 11 heteroatoms. The molecule has 206 valence electrons. The molecular weight excluding hydrogens is 541 g/mol. The zero-order valence-electron chi connectivity index (χ0n) is 22.8. The minimum atomic E-state index is -0.507. The molecule has 5 aromatic heterocycles. The van der Waals surface area contributed by atoms with Gasteiger partial charge in [-0.25, -0.2) is 14.4 Å². The van der Waals surface area contributed by atoms with E-state index in [-0.39, 0.29) is 22.6 Å². The van der Waals surface area contributed by atoms with E-state index in [2.05, 4.69) is 35.5 Å². The van der Waals surface area contributed by atoms with E-state index in [1.54, 1.807) is 30.7 Å². The van der Waals surface area contributed by atoms with Gasteiger partial charge in [0.25, 0.3) is 0 Å². The predicted molar refractivity (Wildman–Crippen MR) is 158 cm³/mol. The van der Waals surface area contributed by atoms with E-state index in [1.165, 1.54) is 24.3 Å². The van der Waals surface area contributed by atoms with E-state index >= 15 is 4.39 Å². The van der Waals surface area contributed by atoms with Crippen LogP contribution in [0.4, 0.5) is 10.1 Å². The molecule has 0 unspecified atom stereocenters. The highest BCUT2D eigenvalue weighted by Crippen LogP contribution is 2.36. The van der Waals surface area contributed by atoms with Crippen molar-refractivity contribution in [2.75, 3.05) is 5.32 Å². The maximum Gasteiger partial charge on any atom is 0.224 e. The number of pyridine rings is 2. The average Bonchev–Trinajstić information content (AvgIpc) is 3.65. The lowest BCUT2D eigenvalue weighted by Crippen LogP contribution is -2.19. The van der Waals surface area contributed by atoms with E-state index in [4.69, 9.17) is 0 Å².